The van der Waals surface area contributed by atoms with E-state index in [4.69, 9.17) is 4.74 Å². The predicted molar refractivity (Wildman–Crippen MR) is 114 cm³/mol. The average Bonchev–Trinajstić information content (AvgIpc) is 3.31. The Morgan fingerprint density at radius 1 is 1.28 bits per heavy atom. The van der Waals surface area contributed by atoms with Crippen molar-refractivity contribution in [1.82, 2.24) is 24.5 Å². The Hall–Kier alpha value is -2.65. The van der Waals surface area contributed by atoms with E-state index >= 15 is 0 Å². The molecule has 1 N–H and O–H groups in total. The number of hydrogen-bond donors (Lipinski definition) is 1. The zero-order valence-electron chi connectivity index (χ0n) is 17.1. The summed E-state index contributed by atoms with van der Waals surface area (Å²) < 4.78 is 9.01. The smallest absolute Gasteiger partial charge is 0.235 e. The van der Waals surface area contributed by atoms with Crippen molar-refractivity contribution in [3.05, 3.63) is 42.1 Å². The third-order valence-electron chi connectivity index (χ3n) is 4.27. The Balaban J connectivity index is 1.73. The van der Waals surface area contributed by atoms with E-state index in [-0.39, 0.29) is 17.7 Å². The van der Waals surface area contributed by atoms with Crippen LogP contribution in [0.2, 0.25) is 0 Å². The molecule has 9 heteroatoms. The van der Waals surface area contributed by atoms with Gasteiger partial charge in [-0.25, -0.2) is 4.68 Å². The van der Waals surface area contributed by atoms with Crippen LogP contribution < -0.4 is 5.32 Å². The second-order valence-corrected chi connectivity index (χ2v) is 7.85. The molecule has 0 radical (unpaired) electrons. The Morgan fingerprint density at radius 2 is 2.10 bits per heavy atom. The maximum absolute atomic E-state index is 12.5. The fourth-order valence-electron chi connectivity index (χ4n) is 2.91. The third-order valence-corrected chi connectivity index (χ3v) is 5.24. The largest absolute Gasteiger partial charge is 0.383 e. The van der Waals surface area contributed by atoms with Gasteiger partial charge in [-0.3, -0.25) is 9.36 Å². The summed E-state index contributed by atoms with van der Waals surface area (Å²) in [5, 5.41) is 16.5. The topological polar surface area (TPSA) is 86.9 Å². The van der Waals surface area contributed by atoms with Gasteiger partial charge in [0.15, 0.2) is 11.0 Å². The fourth-order valence-corrected chi connectivity index (χ4v) is 3.68. The molecule has 0 fully saturated rings. The number of hydrogen-bond acceptors (Lipinski definition) is 6. The minimum atomic E-state index is -0.115. The highest BCUT2D eigenvalue weighted by Gasteiger charge is 2.16. The van der Waals surface area contributed by atoms with Crippen LogP contribution in [0.3, 0.4) is 0 Å². The Bertz CT molecular complexity index is 966. The maximum atomic E-state index is 12.5. The number of nitrogens with one attached hydrogen (secondary N) is 1. The second kappa shape index (κ2) is 9.71. The van der Waals surface area contributed by atoms with Crippen LogP contribution in [0, 0.1) is 6.92 Å². The number of thioether (sulfide) groups is 1. The van der Waals surface area contributed by atoms with Gasteiger partial charge in [0.1, 0.15) is 5.82 Å². The van der Waals surface area contributed by atoms with Gasteiger partial charge < -0.3 is 10.1 Å². The number of carbonyl (C=O) groups excluding carboxylic acids is 1. The van der Waals surface area contributed by atoms with Gasteiger partial charge in [-0.2, -0.15) is 5.10 Å². The van der Waals surface area contributed by atoms with Crippen molar-refractivity contribution in [3.8, 4) is 11.4 Å². The number of ether oxygens (including phenoxy) is 1. The van der Waals surface area contributed by atoms with Crippen molar-refractivity contribution in [2.45, 2.75) is 38.5 Å². The van der Waals surface area contributed by atoms with Crippen LogP contribution in [0.15, 0.2) is 41.7 Å². The lowest BCUT2D eigenvalue weighted by molar-refractivity contribution is -0.113. The third kappa shape index (κ3) is 5.24. The molecule has 0 bridgehead atoms. The molecule has 0 saturated carbocycles. The molecule has 8 nitrogen and oxygen atoms in total. The van der Waals surface area contributed by atoms with E-state index < -0.39 is 0 Å². The molecule has 29 heavy (non-hydrogen) atoms. The number of aryl methyl sites for hydroxylation is 1. The van der Waals surface area contributed by atoms with Gasteiger partial charge in [-0.15, -0.1) is 10.2 Å². The van der Waals surface area contributed by atoms with E-state index in [0.29, 0.717) is 24.1 Å². The minimum Gasteiger partial charge on any atom is -0.383 e. The molecule has 3 aromatic rings. The first-order chi connectivity index (χ1) is 14.0. The van der Waals surface area contributed by atoms with E-state index in [1.165, 1.54) is 11.8 Å². The summed E-state index contributed by atoms with van der Waals surface area (Å²) in [7, 11) is 1.66. The summed E-state index contributed by atoms with van der Waals surface area (Å²) in [6.45, 7) is 7.22. The minimum absolute atomic E-state index is 0.115. The van der Waals surface area contributed by atoms with Gasteiger partial charge in [0.2, 0.25) is 5.91 Å². The number of rotatable bonds is 9. The number of nitrogens with zero attached hydrogens (tertiary/aromatic N) is 5. The molecule has 154 valence electrons. The average molecular weight is 415 g/mol. The highest BCUT2D eigenvalue weighted by Crippen LogP contribution is 2.25. The van der Waals surface area contributed by atoms with Crippen molar-refractivity contribution in [3.63, 3.8) is 0 Å². The predicted octanol–water partition coefficient (Wildman–Crippen LogP) is 3.41. The molecule has 0 aliphatic rings. The molecule has 0 spiro atoms. The Labute approximate surface area is 174 Å². The molecular weight excluding hydrogens is 388 g/mol. The molecule has 0 aliphatic carbocycles. The number of methoxy groups -OCH3 is 1. The lowest BCUT2D eigenvalue weighted by atomic mass is 10.1. The molecule has 1 amide bonds. The van der Waals surface area contributed by atoms with Gasteiger partial charge in [0.05, 0.1) is 25.1 Å². The molecule has 0 aliphatic heterocycles. The zero-order valence-corrected chi connectivity index (χ0v) is 17.9. The van der Waals surface area contributed by atoms with Crippen molar-refractivity contribution >= 4 is 23.5 Å². The quantitative estimate of drug-likeness (QED) is 0.540. The number of amides is 1. The zero-order chi connectivity index (χ0) is 20.8. The number of benzene rings is 1. The van der Waals surface area contributed by atoms with Gasteiger partial charge >= 0.3 is 0 Å². The molecule has 2 heterocycles. The van der Waals surface area contributed by atoms with Crippen LogP contribution in [0.5, 0.6) is 0 Å². The lowest BCUT2D eigenvalue weighted by Crippen LogP contribution is -2.18. The van der Waals surface area contributed by atoms with E-state index in [9.17, 15) is 4.79 Å². The standard InChI is InChI=1S/C20H26N6O2S/c1-14(2)26-17(8-9-21-26)22-18(27)13-29-20-24-23-19(25(20)10-11-28-4)16-7-5-6-15(3)12-16/h5-9,12,14H,10-11,13H2,1-4H3,(H,22,27). The van der Waals surface area contributed by atoms with Gasteiger partial charge in [-0.05, 0) is 26.8 Å². The number of aromatic nitrogens is 5. The SMILES string of the molecule is COCCn1c(SCC(=O)Nc2ccnn2C(C)C)nnc1-c1cccc(C)c1. The van der Waals surface area contributed by atoms with Crippen LogP contribution in [-0.4, -0.2) is 49.9 Å². The molecule has 0 atom stereocenters. The summed E-state index contributed by atoms with van der Waals surface area (Å²) in [6, 6.07) is 10.1. The van der Waals surface area contributed by atoms with Crippen molar-refractivity contribution in [1.29, 1.82) is 0 Å². The lowest BCUT2D eigenvalue weighted by Gasteiger charge is -2.12. The number of carbonyl (C=O) groups is 1. The van der Waals surface area contributed by atoms with E-state index in [1.54, 1.807) is 24.1 Å². The van der Waals surface area contributed by atoms with E-state index in [1.807, 2.05) is 43.5 Å². The Kier molecular flexibility index (Phi) is 7.05. The highest BCUT2D eigenvalue weighted by molar-refractivity contribution is 7.99. The molecule has 0 saturated heterocycles. The highest BCUT2D eigenvalue weighted by atomic mass is 32.2. The molecule has 1 aromatic carbocycles. The summed E-state index contributed by atoms with van der Waals surface area (Å²) in [5.41, 5.74) is 2.14. The van der Waals surface area contributed by atoms with Crippen LogP contribution in [0.1, 0.15) is 25.5 Å². The summed E-state index contributed by atoms with van der Waals surface area (Å²) in [5.74, 6) is 1.57. The Morgan fingerprint density at radius 3 is 2.83 bits per heavy atom. The first-order valence-electron chi connectivity index (χ1n) is 9.45. The first kappa shape index (κ1) is 21.1. The van der Waals surface area contributed by atoms with Crippen LogP contribution in [-0.2, 0) is 16.1 Å². The molecular formula is C20H26N6O2S. The monoisotopic (exact) mass is 414 g/mol. The van der Waals surface area contributed by atoms with Crippen molar-refractivity contribution < 1.29 is 9.53 Å². The normalized spacial score (nSPS) is 11.2. The van der Waals surface area contributed by atoms with Crippen LogP contribution in [0.4, 0.5) is 5.82 Å². The van der Waals surface area contributed by atoms with Gasteiger partial charge in [0.25, 0.3) is 0 Å². The number of anilines is 1. The van der Waals surface area contributed by atoms with Gasteiger partial charge in [0, 0.05) is 24.8 Å². The second-order valence-electron chi connectivity index (χ2n) is 6.91. The van der Waals surface area contributed by atoms with Crippen LogP contribution >= 0.6 is 11.8 Å². The van der Waals surface area contributed by atoms with E-state index in [2.05, 4.69) is 26.7 Å². The molecule has 3 rings (SSSR count). The first-order valence-corrected chi connectivity index (χ1v) is 10.4. The fraction of sp³-hybridized carbons (Fsp3) is 0.400. The summed E-state index contributed by atoms with van der Waals surface area (Å²) in [4.78, 5) is 12.5. The van der Waals surface area contributed by atoms with Crippen molar-refractivity contribution in [2.24, 2.45) is 0 Å². The van der Waals surface area contributed by atoms with Crippen molar-refractivity contribution in [2.75, 3.05) is 24.8 Å². The molecule has 0 unspecified atom stereocenters. The summed E-state index contributed by atoms with van der Waals surface area (Å²) in [6.07, 6.45) is 1.68. The van der Waals surface area contributed by atoms with Gasteiger partial charge in [-0.1, -0.05) is 35.5 Å². The van der Waals surface area contributed by atoms with Crippen LogP contribution in [0.25, 0.3) is 11.4 Å². The summed E-state index contributed by atoms with van der Waals surface area (Å²) >= 11 is 1.35. The van der Waals surface area contributed by atoms with E-state index in [0.717, 1.165) is 17.0 Å². The maximum Gasteiger partial charge on any atom is 0.235 e. The molecule has 2 aromatic heterocycles.